The fourth-order valence-corrected chi connectivity index (χ4v) is 5.47. The average Bonchev–Trinajstić information content (AvgIpc) is 3.06. The highest BCUT2D eigenvalue weighted by Gasteiger charge is 2.30. The first-order valence-electron chi connectivity index (χ1n) is 9.94. The Labute approximate surface area is 177 Å². The van der Waals surface area contributed by atoms with Gasteiger partial charge in [0.15, 0.2) is 5.82 Å². The lowest BCUT2D eigenvalue weighted by Crippen LogP contribution is -2.49. The topological polar surface area (TPSA) is 84.2 Å². The minimum Gasteiger partial charge on any atom is -0.353 e. The standard InChI is InChI=1S/C21H26N6O2S/c1-15-5-6-19(16(2)11-15)30(28,29)26-9-7-25(8-10-26)20-13-22-14-21(23-20)27-18(4)12-17(3)24-27/h5-6,11-14H,7-10H2,1-4H3. The summed E-state index contributed by atoms with van der Waals surface area (Å²) >= 11 is 0. The Kier molecular flexibility index (Phi) is 5.33. The highest BCUT2D eigenvalue weighted by atomic mass is 32.2. The van der Waals surface area contributed by atoms with Crippen molar-refractivity contribution in [1.82, 2.24) is 24.1 Å². The first-order chi connectivity index (χ1) is 14.3. The van der Waals surface area contributed by atoms with E-state index in [4.69, 9.17) is 4.98 Å². The molecule has 0 N–H and O–H groups in total. The van der Waals surface area contributed by atoms with Crippen molar-refractivity contribution >= 4 is 15.8 Å². The maximum atomic E-state index is 13.1. The molecule has 0 radical (unpaired) electrons. The Morgan fingerprint density at radius 2 is 1.60 bits per heavy atom. The summed E-state index contributed by atoms with van der Waals surface area (Å²) in [5.41, 5.74) is 3.74. The number of hydrogen-bond acceptors (Lipinski definition) is 6. The Hall–Kier alpha value is -2.78. The summed E-state index contributed by atoms with van der Waals surface area (Å²) < 4.78 is 29.5. The third-order valence-corrected chi connectivity index (χ3v) is 7.41. The summed E-state index contributed by atoms with van der Waals surface area (Å²) in [5.74, 6) is 1.38. The van der Waals surface area contributed by atoms with E-state index in [0.29, 0.717) is 36.9 Å². The molecule has 0 amide bonds. The van der Waals surface area contributed by atoms with E-state index < -0.39 is 10.0 Å². The summed E-state index contributed by atoms with van der Waals surface area (Å²) in [6.45, 7) is 9.64. The van der Waals surface area contributed by atoms with E-state index in [2.05, 4.69) is 15.0 Å². The zero-order chi connectivity index (χ0) is 21.5. The Morgan fingerprint density at radius 1 is 0.900 bits per heavy atom. The van der Waals surface area contributed by atoms with Gasteiger partial charge in [0.05, 0.1) is 23.0 Å². The molecule has 1 fully saturated rings. The van der Waals surface area contributed by atoms with E-state index in [-0.39, 0.29) is 0 Å². The molecule has 1 saturated heterocycles. The molecular formula is C21H26N6O2S. The number of rotatable bonds is 4. The Balaban J connectivity index is 1.51. The third-order valence-electron chi connectivity index (χ3n) is 5.35. The molecule has 4 rings (SSSR count). The normalized spacial score (nSPS) is 15.5. The van der Waals surface area contributed by atoms with E-state index in [9.17, 15) is 8.42 Å². The molecule has 158 valence electrons. The minimum absolute atomic E-state index is 0.382. The molecule has 3 heterocycles. The van der Waals surface area contributed by atoms with Crippen LogP contribution in [-0.4, -0.2) is 58.7 Å². The van der Waals surface area contributed by atoms with Gasteiger partial charge in [-0.1, -0.05) is 17.7 Å². The molecule has 0 spiro atoms. The van der Waals surface area contributed by atoms with Crippen LogP contribution >= 0.6 is 0 Å². The van der Waals surface area contributed by atoms with E-state index >= 15 is 0 Å². The molecule has 8 nitrogen and oxygen atoms in total. The van der Waals surface area contributed by atoms with Gasteiger partial charge in [-0.15, -0.1) is 0 Å². The number of piperazine rings is 1. The second kappa shape index (κ2) is 7.81. The molecule has 30 heavy (non-hydrogen) atoms. The zero-order valence-electron chi connectivity index (χ0n) is 17.7. The Morgan fingerprint density at radius 3 is 2.23 bits per heavy atom. The van der Waals surface area contributed by atoms with Gasteiger partial charge in [0.1, 0.15) is 5.82 Å². The first-order valence-corrected chi connectivity index (χ1v) is 11.4. The van der Waals surface area contributed by atoms with Crippen LogP contribution in [0.4, 0.5) is 5.82 Å². The van der Waals surface area contributed by atoms with Crippen LogP contribution in [0.5, 0.6) is 0 Å². The van der Waals surface area contributed by atoms with Crippen molar-refractivity contribution in [3.8, 4) is 5.82 Å². The molecule has 9 heteroatoms. The molecule has 1 aliphatic heterocycles. The van der Waals surface area contributed by atoms with Gasteiger partial charge in [-0.05, 0) is 45.4 Å². The lowest BCUT2D eigenvalue weighted by molar-refractivity contribution is 0.383. The van der Waals surface area contributed by atoms with Gasteiger partial charge < -0.3 is 4.90 Å². The van der Waals surface area contributed by atoms with Crippen molar-refractivity contribution in [2.24, 2.45) is 0 Å². The minimum atomic E-state index is -3.51. The lowest BCUT2D eigenvalue weighted by atomic mass is 10.2. The van der Waals surface area contributed by atoms with Gasteiger partial charge in [0.25, 0.3) is 0 Å². The Bertz CT molecular complexity index is 1180. The van der Waals surface area contributed by atoms with Crippen LogP contribution in [0.3, 0.4) is 0 Å². The van der Waals surface area contributed by atoms with Crippen LogP contribution in [0.15, 0.2) is 41.6 Å². The van der Waals surface area contributed by atoms with Crippen molar-refractivity contribution < 1.29 is 8.42 Å². The van der Waals surface area contributed by atoms with Gasteiger partial charge in [-0.25, -0.2) is 18.1 Å². The summed E-state index contributed by atoms with van der Waals surface area (Å²) in [5, 5.41) is 4.47. The maximum absolute atomic E-state index is 13.1. The fraction of sp³-hybridized carbons (Fsp3) is 0.381. The van der Waals surface area contributed by atoms with Gasteiger partial charge >= 0.3 is 0 Å². The second-order valence-corrected chi connectivity index (χ2v) is 9.64. The smallest absolute Gasteiger partial charge is 0.243 e. The summed E-state index contributed by atoms with van der Waals surface area (Å²) in [6, 6.07) is 7.44. The van der Waals surface area contributed by atoms with Crippen LogP contribution in [0.2, 0.25) is 0 Å². The summed E-state index contributed by atoms with van der Waals surface area (Å²) in [7, 11) is -3.51. The van der Waals surface area contributed by atoms with Crippen molar-refractivity contribution in [2.75, 3.05) is 31.1 Å². The quantitative estimate of drug-likeness (QED) is 0.637. The molecule has 0 aliphatic carbocycles. The zero-order valence-corrected chi connectivity index (χ0v) is 18.5. The monoisotopic (exact) mass is 426 g/mol. The molecule has 0 unspecified atom stereocenters. The van der Waals surface area contributed by atoms with E-state index in [1.165, 1.54) is 0 Å². The molecular weight excluding hydrogens is 400 g/mol. The van der Waals surface area contributed by atoms with Crippen LogP contribution < -0.4 is 4.90 Å². The van der Waals surface area contributed by atoms with Crippen LogP contribution in [0.25, 0.3) is 5.82 Å². The van der Waals surface area contributed by atoms with E-state index in [1.54, 1.807) is 27.4 Å². The largest absolute Gasteiger partial charge is 0.353 e. The first kappa shape index (κ1) is 20.5. The predicted octanol–water partition coefficient (Wildman–Crippen LogP) is 2.41. The van der Waals surface area contributed by atoms with Crippen molar-refractivity contribution in [3.63, 3.8) is 0 Å². The van der Waals surface area contributed by atoms with Gasteiger partial charge in [0, 0.05) is 31.9 Å². The van der Waals surface area contributed by atoms with Crippen molar-refractivity contribution in [1.29, 1.82) is 0 Å². The molecule has 0 bridgehead atoms. The predicted molar refractivity (Wildman–Crippen MR) is 116 cm³/mol. The lowest BCUT2D eigenvalue weighted by Gasteiger charge is -2.34. The van der Waals surface area contributed by atoms with Crippen LogP contribution in [-0.2, 0) is 10.0 Å². The molecule has 1 aliphatic rings. The number of nitrogens with zero attached hydrogens (tertiary/aromatic N) is 6. The molecule has 0 atom stereocenters. The summed E-state index contributed by atoms with van der Waals surface area (Å²) in [4.78, 5) is 11.5. The fourth-order valence-electron chi connectivity index (χ4n) is 3.85. The maximum Gasteiger partial charge on any atom is 0.243 e. The number of benzene rings is 1. The van der Waals surface area contributed by atoms with Crippen LogP contribution in [0.1, 0.15) is 22.5 Å². The van der Waals surface area contributed by atoms with Gasteiger partial charge in [-0.2, -0.15) is 9.40 Å². The number of aromatic nitrogens is 4. The van der Waals surface area contributed by atoms with E-state index in [0.717, 1.165) is 28.3 Å². The number of aryl methyl sites for hydroxylation is 4. The molecule has 1 aromatic carbocycles. The van der Waals surface area contributed by atoms with Gasteiger partial charge in [0.2, 0.25) is 10.0 Å². The number of sulfonamides is 1. The van der Waals surface area contributed by atoms with Crippen molar-refractivity contribution in [3.05, 3.63) is 59.2 Å². The van der Waals surface area contributed by atoms with Crippen LogP contribution in [0, 0.1) is 27.7 Å². The molecule has 2 aromatic heterocycles. The average molecular weight is 427 g/mol. The SMILES string of the molecule is Cc1ccc(S(=O)(=O)N2CCN(c3cncc(-n4nc(C)cc4C)n3)CC2)c(C)c1. The number of hydrogen-bond donors (Lipinski definition) is 0. The highest BCUT2D eigenvalue weighted by Crippen LogP contribution is 2.23. The molecule has 3 aromatic rings. The van der Waals surface area contributed by atoms with Crippen molar-refractivity contribution in [2.45, 2.75) is 32.6 Å². The third kappa shape index (κ3) is 3.82. The highest BCUT2D eigenvalue weighted by molar-refractivity contribution is 7.89. The number of anilines is 1. The molecule has 0 saturated carbocycles. The summed E-state index contributed by atoms with van der Waals surface area (Å²) in [6.07, 6.45) is 3.40. The second-order valence-electron chi connectivity index (χ2n) is 7.73. The van der Waals surface area contributed by atoms with Gasteiger partial charge in [-0.3, -0.25) is 4.98 Å². The van der Waals surface area contributed by atoms with E-state index in [1.807, 2.05) is 45.9 Å².